The zero-order chi connectivity index (χ0) is 26.9. The summed E-state index contributed by atoms with van der Waals surface area (Å²) in [5, 5.41) is 29.1. The van der Waals surface area contributed by atoms with Crippen LogP contribution in [0, 0.1) is 0 Å². The Kier molecular flexibility index (Phi) is 22.3. The highest BCUT2D eigenvalue weighted by atomic mass is 16.4. The van der Waals surface area contributed by atoms with Gasteiger partial charge >= 0.3 is 11.9 Å². The van der Waals surface area contributed by atoms with Gasteiger partial charge in [-0.25, -0.2) is 0 Å². The minimum absolute atomic E-state index is 0.0471. The van der Waals surface area contributed by atoms with Gasteiger partial charge in [0.05, 0.1) is 38.7 Å². The average molecular weight is 512 g/mol. The first kappa shape index (κ1) is 34.1. The number of hydrogen-bond donors (Lipinski definition) is 2. The van der Waals surface area contributed by atoms with Crippen LogP contribution < -0.4 is 5.11 Å². The predicted octanol–water partition coefficient (Wildman–Crippen LogP) is 6.06. The zero-order valence-corrected chi connectivity index (χ0v) is 22.9. The minimum atomic E-state index is -1.21. The van der Waals surface area contributed by atoms with Crippen LogP contribution in [0.5, 0.6) is 0 Å². The fraction of sp³-hybridized carbons (Fsp3) is 0.828. The molecule has 0 rings (SSSR count). The number of nitrogens with zero attached hydrogens (tertiary/aromatic N) is 1. The predicted molar refractivity (Wildman–Crippen MR) is 142 cm³/mol. The van der Waals surface area contributed by atoms with E-state index in [1.54, 1.807) is 0 Å². The van der Waals surface area contributed by atoms with Crippen molar-refractivity contribution >= 4 is 17.9 Å². The maximum absolute atomic E-state index is 11.1. The van der Waals surface area contributed by atoms with Crippen LogP contribution in [0.1, 0.15) is 135 Å². The largest absolute Gasteiger partial charge is 0.550 e. The van der Waals surface area contributed by atoms with Gasteiger partial charge < -0.3 is 20.1 Å². The van der Waals surface area contributed by atoms with E-state index >= 15 is 0 Å². The molecular weight excluding hydrogens is 458 g/mol. The van der Waals surface area contributed by atoms with Gasteiger partial charge in [0.25, 0.3) is 0 Å². The van der Waals surface area contributed by atoms with Gasteiger partial charge in [-0.05, 0) is 18.9 Å². The average Bonchev–Trinajstić information content (AvgIpc) is 2.83. The summed E-state index contributed by atoms with van der Waals surface area (Å²) in [4.78, 5) is 33.2. The number of unbranched alkanes of at least 4 members (excludes halogenated alkanes) is 16. The maximum atomic E-state index is 11.1. The Bertz CT molecular complexity index is 559. The zero-order valence-electron chi connectivity index (χ0n) is 22.9. The molecule has 7 heteroatoms. The van der Waals surface area contributed by atoms with E-state index in [0.29, 0.717) is 0 Å². The van der Waals surface area contributed by atoms with Crippen molar-refractivity contribution in [3.63, 3.8) is 0 Å². The molecule has 210 valence electrons. The molecule has 0 heterocycles. The van der Waals surface area contributed by atoms with Crippen molar-refractivity contribution in [3.05, 3.63) is 12.3 Å². The smallest absolute Gasteiger partial charge is 0.309 e. The van der Waals surface area contributed by atoms with Crippen molar-refractivity contribution < 1.29 is 34.2 Å². The maximum Gasteiger partial charge on any atom is 0.309 e. The Morgan fingerprint density at radius 1 is 0.611 bits per heavy atom. The van der Waals surface area contributed by atoms with Gasteiger partial charge in [0.2, 0.25) is 0 Å². The van der Waals surface area contributed by atoms with Crippen LogP contribution in [0.2, 0.25) is 0 Å². The molecule has 0 bridgehead atoms. The Balaban J connectivity index is 4.06. The lowest BCUT2D eigenvalue weighted by Gasteiger charge is -2.34. The molecule has 36 heavy (non-hydrogen) atoms. The molecule has 0 aliphatic carbocycles. The molecular formula is C29H53NO6. The molecule has 2 N–H and O–H groups in total. The molecule has 0 aliphatic rings. The number of carboxylic acid groups (broad SMARTS) is 3. The van der Waals surface area contributed by atoms with E-state index in [4.69, 9.17) is 10.2 Å². The van der Waals surface area contributed by atoms with Crippen LogP contribution in [0.3, 0.4) is 0 Å². The lowest BCUT2D eigenvalue weighted by atomic mass is 10.0. The van der Waals surface area contributed by atoms with E-state index in [1.807, 2.05) is 12.3 Å². The van der Waals surface area contributed by atoms with Gasteiger partial charge in [-0.15, -0.1) is 0 Å². The third kappa shape index (κ3) is 22.6. The summed E-state index contributed by atoms with van der Waals surface area (Å²) in [6.07, 6.45) is 25.1. The number of carbonyl (C=O) groups excluding carboxylic acids is 1. The molecule has 0 saturated carbocycles. The molecule has 0 atom stereocenters. The molecule has 0 unspecified atom stereocenters. The van der Waals surface area contributed by atoms with Crippen molar-refractivity contribution in [2.75, 3.05) is 19.6 Å². The number of carboxylic acids is 3. The Morgan fingerprint density at radius 3 is 1.33 bits per heavy atom. The Labute approximate surface area is 219 Å². The molecule has 0 aromatic heterocycles. The molecule has 0 spiro atoms. The first-order chi connectivity index (χ1) is 17.3. The van der Waals surface area contributed by atoms with Gasteiger partial charge in [0.1, 0.15) is 0 Å². The van der Waals surface area contributed by atoms with Crippen LogP contribution in [0.4, 0.5) is 0 Å². The lowest BCUT2D eigenvalue weighted by molar-refractivity contribution is -0.878. The second kappa shape index (κ2) is 23.5. The summed E-state index contributed by atoms with van der Waals surface area (Å²) in [5.41, 5.74) is 0. The summed E-state index contributed by atoms with van der Waals surface area (Å²) in [5.74, 6) is -3.17. The van der Waals surface area contributed by atoms with Crippen LogP contribution >= 0.6 is 0 Å². The summed E-state index contributed by atoms with van der Waals surface area (Å²) in [6.45, 7) is 2.74. The van der Waals surface area contributed by atoms with Crippen molar-refractivity contribution in [1.29, 1.82) is 0 Å². The third-order valence-corrected chi connectivity index (χ3v) is 6.95. The first-order valence-electron chi connectivity index (χ1n) is 14.5. The number of carbonyl (C=O) groups is 3. The van der Waals surface area contributed by atoms with E-state index < -0.39 is 17.9 Å². The van der Waals surface area contributed by atoms with E-state index in [0.717, 1.165) is 19.3 Å². The van der Waals surface area contributed by atoms with Crippen molar-refractivity contribution in [1.82, 2.24) is 0 Å². The third-order valence-electron chi connectivity index (χ3n) is 6.95. The highest BCUT2D eigenvalue weighted by molar-refractivity contribution is 5.67. The van der Waals surface area contributed by atoms with Crippen LogP contribution in [-0.4, -0.2) is 52.2 Å². The van der Waals surface area contributed by atoms with E-state index in [9.17, 15) is 19.5 Å². The highest BCUT2D eigenvalue weighted by Gasteiger charge is 2.26. The summed E-state index contributed by atoms with van der Waals surface area (Å²) >= 11 is 0. The number of allylic oxidation sites excluding steroid dienone is 1. The molecule has 7 nitrogen and oxygen atoms in total. The van der Waals surface area contributed by atoms with Gasteiger partial charge in [0, 0.05) is 12.4 Å². The van der Waals surface area contributed by atoms with Gasteiger partial charge in [0.15, 0.2) is 0 Å². The summed E-state index contributed by atoms with van der Waals surface area (Å²) in [6, 6.07) is 0. The fourth-order valence-electron chi connectivity index (χ4n) is 4.62. The minimum Gasteiger partial charge on any atom is -0.550 e. The Morgan fingerprint density at radius 2 is 0.972 bits per heavy atom. The van der Waals surface area contributed by atoms with Crippen LogP contribution in [-0.2, 0) is 14.4 Å². The number of rotatable bonds is 27. The van der Waals surface area contributed by atoms with E-state index in [-0.39, 0.29) is 43.4 Å². The highest BCUT2D eigenvalue weighted by Crippen LogP contribution is 2.16. The second-order valence-electron chi connectivity index (χ2n) is 10.3. The molecule has 0 aliphatic heterocycles. The monoisotopic (exact) mass is 511 g/mol. The number of aliphatic carboxylic acids is 3. The molecule has 0 radical (unpaired) electrons. The van der Waals surface area contributed by atoms with Gasteiger partial charge in [-0.3, -0.25) is 14.1 Å². The van der Waals surface area contributed by atoms with Gasteiger partial charge in [-0.2, -0.15) is 0 Å². The van der Waals surface area contributed by atoms with Crippen molar-refractivity contribution in [2.45, 2.75) is 135 Å². The standard InChI is InChI=1S/C29H53NO6/c1-2-3-4-5-6-7-8-9-10-11-12-13-14-15-16-17-18-19-23-30(24-20-27(31)32,25-21-28(33)34)26-22-29(35)36/h19,23H,2-18,20-22,24-26H2,1H3,(H2-,31,32,33,34,35,36)/b23-19+. The van der Waals surface area contributed by atoms with Crippen LogP contribution in [0.15, 0.2) is 12.3 Å². The van der Waals surface area contributed by atoms with Crippen molar-refractivity contribution in [2.24, 2.45) is 0 Å². The SMILES string of the molecule is CCCCCCCCCCCCCCCCCC/C=C/[N+](CCC(=O)[O-])(CCC(=O)O)CCC(=O)O. The first-order valence-corrected chi connectivity index (χ1v) is 14.5. The molecule has 0 saturated heterocycles. The fourth-order valence-corrected chi connectivity index (χ4v) is 4.62. The summed E-state index contributed by atoms with van der Waals surface area (Å²) < 4.78 is 0.0471. The molecule has 0 aromatic carbocycles. The Hall–Kier alpha value is -1.89. The molecule has 0 aromatic rings. The lowest BCUT2D eigenvalue weighted by Crippen LogP contribution is -2.48. The van der Waals surface area contributed by atoms with Gasteiger partial charge in [-0.1, -0.05) is 103 Å². The quantitative estimate of drug-likeness (QED) is 0.102. The number of hydrogen-bond acceptors (Lipinski definition) is 4. The van der Waals surface area contributed by atoms with Crippen molar-refractivity contribution in [3.8, 4) is 0 Å². The normalized spacial score (nSPS) is 11.8. The van der Waals surface area contributed by atoms with E-state index in [2.05, 4.69) is 6.92 Å². The number of quaternary nitrogens is 1. The van der Waals surface area contributed by atoms with E-state index in [1.165, 1.54) is 89.9 Å². The molecule has 0 fully saturated rings. The summed E-state index contributed by atoms with van der Waals surface area (Å²) in [7, 11) is 0. The topological polar surface area (TPSA) is 115 Å². The molecule has 0 amide bonds. The van der Waals surface area contributed by atoms with Crippen LogP contribution in [0.25, 0.3) is 0 Å². The second-order valence-corrected chi connectivity index (χ2v) is 10.3.